The number of hydrogen-bond acceptors (Lipinski definition) is 3. The summed E-state index contributed by atoms with van der Waals surface area (Å²) >= 11 is 0. The van der Waals surface area contributed by atoms with Gasteiger partial charge in [-0.3, -0.25) is 4.79 Å². The van der Waals surface area contributed by atoms with Gasteiger partial charge in [0.25, 0.3) is 0 Å². The molecule has 0 saturated carbocycles. The molecule has 4 nitrogen and oxygen atoms in total. The van der Waals surface area contributed by atoms with Gasteiger partial charge in [-0.1, -0.05) is 0 Å². The fourth-order valence-electron chi connectivity index (χ4n) is 1.37. The lowest BCUT2D eigenvalue weighted by molar-refractivity contribution is -0.129. The Bertz CT molecular complexity index is 234. The summed E-state index contributed by atoms with van der Waals surface area (Å²) in [7, 11) is 0. The number of amides is 1. The highest BCUT2D eigenvalue weighted by atomic mass is 16.3. The zero-order chi connectivity index (χ0) is 9.84. The van der Waals surface area contributed by atoms with Crippen LogP contribution < -0.4 is 0 Å². The molecule has 1 aliphatic heterocycles. The van der Waals surface area contributed by atoms with E-state index in [-0.39, 0.29) is 25.0 Å². The van der Waals surface area contributed by atoms with E-state index in [1.807, 2.05) is 0 Å². The summed E-state index contributed by atoms with van der Waals surface area (Å²) in [5.41, 5.74) is 0. The maximum Gasteiger partial charge on any atom is 0.224 e. The number of nitrogens with zero attached hydrogens (tertiary/aromatic N) is 1. The van der Waals surface area contributed by atoms with Crippen molar-refractivity contribution in [2.24, 2.45) is 5.92 Å². The van der Waals surface area contributed by atoms with E-state index in [1.54, 1.807) is 0 Å². The van der Waals surface area contributed by atoms with Crippen LogP contribution in [0.4, 0.5) is 0 Å². The Hall–Kier alpha value is -1.05. The molecule has 0 radical (unpaired) electrons. The van der Waals surface area contributed by atoms with Crippen molar-refractivity contribution in [2.75, 3.05) is 19.7 Å². The van der Waals surface area contributed by atoms with Crippen LogP contribution in [-0.4, -0.2) is 46.8 Å². The van der Waals surface area contributed by atoms with Crippen molar-refractivity contribution in [2.45, 2.75) is 12.5 Å². The van der Waals surface area contributed by atoms with Crippen LogP contribution in [0.25, 0.3) is 0 Å². The van der Waals surface area contributed by atoms with Crippen molar-refractivity contribution in [3.8, 4) is 12.3 Å². The van der Waals surface area contributed by atoms with E-state index in [2.05, 4.69) is 5.92 Å². The van der Waals surface area contributed by atoms with Crippen molar-refractivity contribution < 1.29 is 15.0 Å². The van der Waals surface area contributed by atoms with Crippen LogP contribution in [0.5, 0.6) is 0 Å². The number of carbonyl (C=O) groups is 1. The molecular formula is C9H13NO3. The molecule has 1 saturated heterocycles. The summed E-state index contributed by atoms with van der Waals surface area (Å²) < 4.78 is 0. The van der Waals surface area contributed by atoms with Gasteiger partial charge < -0.3 is 15.1 Å². The van der Waals surface area contributed by atoms with Gasteiger partial charge in [0.1, 0.15) is 0 Å². The molecule has 1 fully saturated rings. The average Bonchev–Trinajstić information content (AvgIpc) is 2.47. The molecule has 1 heterocycles. The minimum Gasteiger partial charge on any atom is -0.394 e. The molecule has 2 atom stereocenters. The van der Waals surface area contributed by atoms with Crippen molar-refractivity contribution in [1.82, 2.24) is 4.90 Å². The van der Waals surface area contributed by atoms with Crippen LogP contribution in [0, 0.1) is 18.3 Å². The van der Waals surface area contributed by atoms with Gasteiger partial charge in [-0.25, -0.2) is 0 Å². The molecule has 4 heteroatoms. The molecule has 72 valence electrons. The molecule has 2 unspecified atom stereocenters. The van der Waals surface area contributed by atoms with E-state index in [0.717, 1.165) is 0 Å². The van der Waals surface area contributed by atoms with Crippen LogP contribution in [0.15, 0.2) is 0 Å². The first kappa shape index (κ1) is 10.0. The normalized spacial score (nSPS) is 24.5. The highest BCUT2D eigenvalue weighted by Crippen LogP contribution is 2.16. The zero-order valence-corrected chi connectivity index (χ0v) is 7.31. The molecule has 0 spiro atoms. The Balaban J connectivity index is 2.44. The lowest BCUT2D eigenvalue weighted by atomic mass is 10.1. The number of aliphatic hydroxyl groups excluding tert-OH is 2. The van der Waals surface area contributed by atoms with Crippen LogP contribution in [-0.2, 0) is 4.79 Å². The Morgan fingerprint density at radius 2 is 2.46 bits per heavy atom. The van der Waals surface area contributed by atoms with Crippen LogP contribution in [0.2, 0.25) is 0 Å². The van der Waals surface area contributed by atoms with E-state index in [9.17, 15) is 4.79 Å². The van der Waals surface area contributed by atoms with Gasteiger partial charge in [0.05, 0.1) is 12.7 Å². The third-order valence-corrected chi connectivity index (χ3v) is 2.09. The fourth-order valence-corrected chi connectivity index (χ4v) is 1.37. The average molecular weight is 183 g/mol. The zero-order valence-electron chi connectivity index (χ0n) is 7.31. The maximum atomic E-state index is 11.2. The largest absolute Gasteiger partial charge is 0.394 e. The van der Waals surface area contributed by atoms with E-state index in [0.29, 0.717) is 13.0 Å². The molecule has 0 bridgehead atoms. The van der Waals surface area contributed by atoms with Crippen LogP contribution in [0.1, 0.15) is 6.42 Å². The van der Waals surface area contributed by atoms with Crippen molar-refractivity contribution in [3.05, 3.63) is 0 Å². The van der Waals surface area contributed by atoms with E-state index >= 15 is 0 Å². The first-order valence-electron chi connectivity index (χ1n) is 4.20. The van der Waals surface area contributed by atoms with E-state index in [1.165, 1.54) is 4.90 Å². The van der Waals surface area contributed by atoms with Crippen LogP contribution in [0.3, 0.4) is 0 Å². The van der Waals surface area contributed by atoms with Gasteiger partial charge >= 0.3 is 0 Å². The van der Waals surface area contributed by atoms with Gasteiger partial charge in [0.2, 0.25) is 5.91 Å². The van der Waals surface area contributed by atoms with Gasteiger partial charge in [-0.05, 0) is 0 Å². The van der Waals surface area contributed by atoms with Crippen LogP contribution >= 0.6 is 0 Å². The topological polar surface area (TPSA) is 60.8 Å². The summed E-state index contributed by atoms with van der Waals surface area (Å²) in [4.78, 5) is 12.7. The standard InChI is InChI=1S/C9H13NO3/c1-2-7-3-9(13)10(4-7)5-8(12)6-11/h1,7-8,11-12H,3-6H2. The highest BCUT2D eigenvalue weighted by molar-refractivity contribution is 5.79. The minimum atomic E-state index is -0.861. The van der Waals surface area contributed by atoms with Crippen molar-refractivity contribution in [3.63, 3.8) is 0 Å². The first-order valence-corrected chi connectivity index (χ1v) is 4.20. The summed E-state index contributed by atoms with van der Waals surface area (Å²) in [6.45, 7) is 0.338. The predicted octanol–water partition coefficient (Wildman–Crippen LogP) is -1.18. The predicted molar refractivity (Wildman–Crippen MR) is 46.6 cm³/mol. The Morgan fingerprint density at radius 1 is 1.77 bits per heavy atom. The SMILES string of the molecule is C#CC1CC(=O)N(CC(O)CO)C1. The number of likely N-dealkylation sites (tertiary alicyclic amines) is 1. The Kier molecular flexibility index (Phi) is 3.29. The Labute approximate surface area is 77.2 Å². The molecule has 0 aromatic carbocycles. The molecule has 0 aromatic heterocycles. The third-order valence-electron chi connectivity index (χ3n) is 2.09. The number of carbonyl (C=O) groups excluding carboxylic acids is 1. The fraction of sp³-hybridized carbons (Fsp3) is 0.667. The summed E-state index contributed by atoms with van der Waals surface area (Å²) in [6, 6.07) is 0. The maximum absolute atomic E-state index is 11.2. The molecule has 0 aromatic rings. The lowest BCUT2D eigenvalue weighted by Crippen LogP contribution is -2.35. The van der Waals surface area contributed by atoms with Gasteiger partial charge in [0, 0.05) is 25.4 Å². The van der Waals surface area contributed by atoms with Gasteiger partial charge in [0.15, 0.2) is 0 Å². The second-order valence-electron chi connectivity index (χ2n) is 3.20. The van der Waals surface area contributed by atoms with Crippen molar-refractivity contribution in [1.29, 1.82) is 0 Å². The molecule has 1 amide bonds. The second-order valence-corrected chi connectivity index (χ2v) is 3.20. The number of aliphatic hydroxyl groups is 2. The molecule has 2 N–H and O–H groups in total. The smallest absolute Gasteiger partial charge is 0.224 e. The molecular weight excluding hydrogens is 170 g/mol. The molecule has 1 rings (SSSR count). The number of β-amino-alcohol motifs (C(OH)–C–C–N with tert-alkyl or cyclic N) is 1. The highest BCUT2D eigenvalue weighted by Gasteiger charge is 2.29. The third kappa shape index (κ3) is 2.44. The summed E-state index contributed by atoms with van der Waals surface area (Å²) in [6.07, 6.45) is 4.68. The van der Waals surface area contributed by atoms with E-state index in [4.69, 9.17) is 16.6 Å². The first-order chi connectivity index (χ1) is 6.17. The quantitative estimate of drug-likeness (QED) is 0.541. The lowest BCUT2D eigenvalue weighted by Gasteiger charge is -2.18. The summed E-state index contributed by atoms with van der Waals surface area (Å²) in [5, 5.41) is 17.7. The number of hydrogen-bond donors (Lipinski definition) is 2. The monoisotopic (exact) mass is 183 g/mol. The van der Waals surface area contributed by atoms with E-state index < -0.39 is 6.10 Å². The van der Waals surface area contributed by atoms with Gasteiger partial charge in [-0.15, -0.1) is 12.3 Å². The molecule has 1 aliphatic rings. The second kappa shape index (κ2) is 4.26. The Morgan fingerprint density at radius 3 is 2.92 bits per heavy atom. The van der Waals surface area contributed by atoms with Gasteiger partial charge in [-0.2, -0.15) is 0 Å². The molecule has 13 heavy (non-hydrogen) atoms. The number of rotatable bonds is 3. The van der Waals surface area contributed by atoms with Crippen molar-refractivity contribution >= 4 is 5.91 Å². The minimum absolute atomic E-state index is 0.0432. The summed E-state index contributed by atoms with van der Waals surface area (Å²) in [5.74, 6) is 2.42. The molecule has 0 aliphatic carbocycles. The number of terminal acetylenes is 1.